The minimum Gasteiger partial charge on any atom is -0.497 e. The van der Waals surface area contributed by atoms with E-state index in [2.05, 4.69) is 5.32 Å². The summed E-state index contributed by atoms with van der Waals surface area (Å²) in [6.45, 7) is 2.77. The lowest BCUT2D eigenvalue weighted by Crippen LogP contribution is -2.48. The van der Waals surface area contributed by atoms with E-state index in [-0.39, 0.29) is 17.6 Å². The molecule has 2 atom stereocenters. The molecular weight excluding hydrogens is 371 g/mol. The monoisotopic (exact) mass is 398 g/mol. The smallest absolute Gasteiger partial charge is 0.225 e. The van der Waals surface area contributed by atoms with E-state index >= 15 is 0 Å². The first-order chi connectivity index (χ1) is 14.0. The molecule has 1 aliphatic heterocycles. The molecule has 0 bridgehead atoms. The van der Waals surface area contributed by atoms with Crippen molar-refractivity contribution < 1.29 is 18.7 Å². The Morgan fingerprint density at radius 2 is 1.93 bits per heavy atom. The van der Waals surface area contributed by atoms with Crippen LogP contribution in [0.25, 0.3) is 0 Å². The molecule has 0 saturated carbocycles. The van der Waals surface area contributed by atoms with Gasteiger partial charge >= 0.3 is 0 Å². The van der Waals surface area contributed by atoms with Crippen LogP contribution in [0.3, 0.4) is 0 Å². The standard InChI is InChI=1S/C23H27FN2O3/c1-3-26-21(27)13-12-19(22(26)18-6-4-5-7-20(18)24)23(28)25-15-14-16-8-10-17(29-2)11-9-16/h4-11,19,22H,3,12-15H2,1-2H3,(H,25,28)/t19-,22+/m1/s1. The summed E-state index contributed by atoms with van der Waals surface area (Å²) in [5.74, 6) is -0.250. The van der Waals surface area contributed by atoms with E-state index in [1.165, 1.54) is 6.07 Å². The molecule has 0 aliphatic carbocycles. The van der Waals surface area contributed by atoms with Crippen molar-refractivity contribution in [3.05, 3.63) is 65.5 Å². The Kier molecular flexibility index (Phi) is 6.86. The minimum atomic E-state index is -0.580. The molecule has 1 saturated heterocycles. The lowest BCUT2D eigenvalue weighted by Gasteiger charge is -2.40. The Balaban J connectivity index is 1.71. The quantitative estimate of drug-likeness (QED) is 0.777. The van der Waals surface area contributed by atoms with Crippen LogP contribution in [0.4, 0.5) is 4.39 Å². The van der Waals surface area contributed by atoms with Gasteiger partial charge in [-0.05, 0) is 43.5 Å². The van der Waals surface area contributed by atoms with Crippen molar-refractivity contribution in [1.29, 1.82) is 0 Å². The van der Waals surface area contributed by atoms with Gasteiger partial charge in [0.1, 0.15) is 11.6 Å². The Morgan fingerprint density at radius 1 is 1.21 bits per heavy atom. The molecule has 2 amide bonds. The summed E-state index contributed by atoms with van der Waals surface area (Å²) in [5.41, 5.74) is 1.49. The van der Waals surface area contributed by atoms with Crippen LogP contribution in [0, 0.1) is 11.7 Å². The average Bonchev–Trinajstić information content (AvgIpc) is 2.74. The molecule has 2 aromatic carbocycles. The lowest BCUT2D eigenvalue weighted by atomic mass is 9.83. The van der Waals surface area contributed by atoms with Crippen LogP contribution in [0.15, 0.2) is 48.5 Å². The van der Waals surface area contributed by atoms with Crippen LogP contribution in [0.1, 0.15) is 36.9 Å². The zero-order valence-electron chi connectivity index (χ0n) is 16.9. The van der Waals surface area contributed by atoms with Crippen LogP contribution in [0.5, 0.6) is 5.75 Å². The normalized spacial score (nSPS) is 19.1. The number of carbonyl (C=O) groups is 2. The number of nitrogens with zero attached hydrogens (tertiary/aromatic N) is 1. The van der Waals surface area contributed by atoms with Gasteiger partial charge in [0.2, 0.25) is 11.8 Å². The molecule has 1 heterocycles. The number of hydrogen-bond donors (Lipinski definition) is 1. The number of carbonyl (C=O) groups excluding carboxylic acids is 2. The highest BCUT2D eigenvalue weighted by Crippen LogP contribution is 2.37. The summed E-state index contributed by atoms with van der Waals surface area (Å²) in [6, 6.07) is 13.5. The zero-order valence-corrected chi connectivity index (χ0v) is 16.9. The average molecular weight is 398 g/mol. The fraction of sp³-hybridized carbons (Fsp3) is 0.391. The molecule has 1 fully saturated rings. The number of methoxy groups -OCH3 is 1. The summed E-state index contributed by atoms with van der Waals surface area (Å²) in [7, 11) is 1.62. The molecule has 0 spiro atoms. The van der Waals surface area contributed by atoms with E-state index < -0.39 is 12.0 Å². The maximum atomic E-state index is 14.5. The van der Waals surface area contributed by atoms with Crippen LogP contribution in [-0.2, 0) is 16.0 Å². The topological polar surface area (TPSA) is 58.6 Å². The van der Waals surface area contributed by atoms with E-state index in [0.29, 0.717) is 37.9 Å². The van der Waals surface area contributed by atoms with Crippen molar-refractivity contribution >= 4 is 11.8 Å². The van der Waals surface area contributed by atoms with Gasteiger partial charge in [0.25, 0.3) is 0 Å². The first kappa shape index (κ1) is 20.8. The Hall–Kier alpha value is -2.89. The van der Waals surface area contributed by atoms with Crippen molar-refractivity contribution in [1.82, 2.24) is 10.2 Å². The fourth-order valence-corrected chi connectivity index (χ4v) is 3.95. The third kappa shape index (κ3) is 4.75. The molecule has 3 rings (SSSR count). The predicted molar refractivity (Wildman–Crippen MR) is 109 cm³/mol. The molecule has 0 unspecified atom stereocenters. The van der Waals surface area contributed by atoms with Gasteiger partial charge in [0.15, 0.2) is 0 Å². The van der Waals surface area contributed by atoms with E-state index in [9.17, 15) is 14.0 Å². The maximum Gasteiger partial charge on any atom is 0.225 e. The summed E-state index contributed by atoms with van der Waals surface area (Å²) < 4.78 is 19.7. The zero-order chi connectivity index (χ0) is 20.8. The summed E-state index contributed by atoms with van der Waals surface area (Å²) >= 11 is 0. The van der Waals surface area contributed by atoms with Gasteiger partial charge in [-0.2, -0.15) is 0 Å². The van der Waals surface area contributed by atoms with Crippen molar-refractivity contribution in [2.75, 3.05) is 20.2 Å². The first-order valence-corrected chi connectivity index (χ1v) is 9.99. The van der Waals surface area contributed by atoms with Crippen molar-refractivity contribution in [2.24, 2.45) is 5.92 Å². The maximum absolute atomic E-state index is 14.5. The van der Waals surface area contributed by atoms with Gasteiger partial charge in [-0.25, -0.2) is 4.39 Å². The number of likely N-dealkylation sites (tertiary alicyclic amines) is 1. The molecule has 6 heteroatoms. The van der Waals surface area contributed by atoms with Gasteiger partial charge in [-0.15, -0.1) is 0 Å². The number of nitrogens with one attached hydrogen (secondary N) is 1. The summed E-state index contributed by atoms with van der Waals surface area (Å²) in [4.78, 5) is 27.0. The second-order valence-corrected chi connectivity index (χ2v) is 7.18. The Bertz CT molecular complexity index is 853. The highest BCUT2D eigenvalue weighted by atomic mass is 19.1. The van der Waals surface area contributed by atoms with Crippen LogP contribution in [-0.4, -0.2) is 36.9 Å². The fourth-order valence-electron chi connectivity index (χ4n) is 3.95. The second kappa shape index (κ2) is 9.54. The van der Waals surface area contributed by atoms with Gasteiger partial charge in [0.05, 0.1) is 19.1 Å². The van der Waals surface area contributed by atoms with Crippen LogP contribution in [0.2, 0.25) is 0 Å². The van der Waals surface area contributed by atoms with Gasteiger partial charge < -0.3 is 15.0 Å². The van der Waals surface area contributed by atoms with Crippen molar-refractivity contribution in [3.63, 3.8) is 0 Å². The van der Waals surface area contributed by atoms with Crippen molar-refractivity contribution in [2.45, 2.75) is 32.2 Å². The summed E-state index contributed by atoms with van der Waals surface area (Å²) in [5, 5.41) is 2.98. The van der Waals surface area contributed by atoms with Gasteiger partial charge in [-0.3, -0.25) is 9.59 Å². The van der Waals surface area contributed by atoms with Gasteiger partial charge in [-0.1, -0.05) is 30.3 Å². The Morgan fingerprint density at radius 3 is 2.59 bits per heavy atom. The van der Waals surface area contributed by atoms with E-state index in [0.717, 1.165) is 11.3 Å². The molecule has 2 aromatic rings. The molecule has 1 N–H and O–H groups in total. The number of piperidine rings is 1. The minimum absolute atomic E-state index is 0.0389. The number of ether oxygens (including phenoxy) is 1. The largest absolute Gasteiger partial charge is 0.497 e. The Labute approximate surface area is 170 Å². The first-order valence-electron chi connectivity index (χ1n) is 9.99. The van der Waals surface area contributed by atoms with Crippen molar-refractivity contribution in [3.8, 4) is 5.75 Å². The predicted octanol–water partition coefficient (Wildman–Crippen LogP) is 3.49. The van der Waals surface area contributed by atoms with Crippen LogP contribution < -0.4 is 10.1 Å². The molecule has 0 aromatic heterocycles. The second-order valence-electron chi connectivity index (χ2n) is 7.18. The summed E-state index contributed by atoms with van der Waals surface area (Å²) in [6.07, 6.45) is 1.40. The molecule has 0 radical (unpaired) electrons. The van der Waals surface area contributed by atoms with E-state index in [1.54, 1.807) is 30.2 Å². The molecule has 29 heavy (non-hydrogen) atoms. The third-order valence-electron chi connectivity index (χ3n) is 5.48. The number of halogens is 1. The van der Waals surface area contributed by atoms with E-state index in [1.807, 2.05) is 31.2 Å². The highest BCUT2D eigenvalue weighted by molar-refractivity contribution is 5.85. The number of amides is 2. The SMILES string of the molecule is CCN1C(=O)CC[C@@H](C(=O)NCCc2ccc(OC)cc2)[C@@H]1c1ccccc1F. The van der Waals surface area contributed by atoms with Gasteiger partial charge in [0, 0.05) is 25.1 Å². The number of rotatable bonds is 7. The van der Waals surface area contributed by atoms with Crippen LogP contribution >= 0.6 is 0 Å². The molecule has 5 nitrogen and oxygen atoms in total. The third-order valence-corrected chi connectivity index (χ3v) is 5.48. The highest BCUT2D eigenvalue weighted by Gasteiger charge is 2.40. The lowest BCUT2D eigenvalue weighted by molar-refractivity contribution is -0.143. The molecule has 1 aliphatic rings. The molecule has 154 valence electrons. The number of benzene rings is 2. The number of hydrogen-bond acceptors (Lipinski definition) is 3. The van der Waals surface area contributed by atoms with E-state index in [4.69, 9.17) is 4.74 Å². The molecular formula is C23H27FN2O3.